The van der Waals surface area contributed by atoms with Crippen molar-refractivity contribution in [3.8, 4) is 0 Å². The van der Waals surface area contributed by atoms with Gasteiger partial charge in [0.2, 0.25) is 15.9 Å². The van der Waals surface area contributed by atoms with E-state index in [1.54, 1.807) is 6.92 Å². The smallest absolute Gasteiger partial charge is 0.371 e. The number of halogens is 4. The van der Waals surface area contributed by atoms with E-state index >= 15 is 0 Å². The van der Waals surface area contributed by atoms with Crippen LogP contribution >= 0.6 is 0 Å². The SMILES string of the molecule is CC1CCN(c2cc(C(F)(F)F)ccc2CNC(=O)C(C)c2ccc(N(C)S(C)(=O)=O)c(F)c2)CC1. The molecule has 1 amide bonds. The summed E-state index contributed by atoms with van der Waals surface area (Å²) in [5, 5.41) is 2.75. The Morgan fingerprint density at radius 2 is 1.81 bits per heavy atom. The molecule has 1 N–H and O–H groups in total. The first-order chi connectivity index (χ1) is 16.7. The number of nitrogens with zero attached hydrogens (tertiary/aromatic N) is 2. The molecule has 1 atom stereocenters. The van der Waals surface area contributed by atoms with Crippen LogP contribution in [0.25, 0.3) is 0 Å². The van der Waals surface area contributed by atoms with Crippen molar-refractivity contribution < 1.29 is 30.8 Å². The molecule has 1 aliphatic heterocycles. The maximum absolute atomic E-state index is 14.6. The van der Waals surface area contributed by atoms with Crippen molar-refractivity contribution in [3.05, 3.63) is 58.9 Å². The van der Waals surface area contributed by atoms with E-state index in [0.29, 0.717) is 35.8 Å². The average molecular weight is 530 g/mol. The number of rotatable bonds is 7. The fourth-order valence-corrected chi connectivity index (χ4v) is 4.65. The molecule has 3 rings (SSSR count). The summed E-state index contributed by atoms with van der Waals surface area (Å²) in [5.41, 5.74) is 0.472. The number of carbonyl (C=O) groups excluding carboxylic acids is 1. The molecule has 2 aromatic carbocycles. The Bertz CT molecular complexity index is 1210. The van der Waals surface area contributed by atoms with Crippen molar-refractivity contribution in [2.45, 2.75) is 45.3 Å². The van der Waals surface area contributed by atoms with E-state index in [0.717, 1.165) is 41.6 Å². The average Bonchev–Trinajstić information content (AvgIpc) is 2.80. The lowest BCUT2D eigenvalue weighted by Gasteiger charge is -2.34. The van der Waals surface area contributed by atoms with E-state index in [1.165, 1.54) is 25.2 Å². The minimum Gasteiger partial charge on any atom is -0.371 e. The summed E-state index contributed by atoms with van der Waals surface area (Å²) in [4.78, 5) is 14.8. The second-order valence-corrected chi connectivity index (χ2v) is 11.4. The van der Waals surface area contributed by atoms with Gasteiger partial charge in [-0.25, -0.2) is 12.8 Å². The van der Waals surface area contributed by atoms with Gasteiger partial charge in [-0.3, -0.25) is 9.10 Å². The fraction of sp³-hybridized carbons (Fsp3) is 0.480. The quantitative estimate of drug-likeness (QED) is 0.519. The molecule has 0 spiro atoms. The number of nitrogens with one attached hydrogen (secondary N) is 1. The molecule has 11 heteroatoms. The first-order valence-electron chi connectivity index (χ1n) is 11.6. The summed E-state index contributed by atoms with van der Waals surface area (Å²) in [5.74, 6) is -1.49. The molecule has 0 aromatic heterocycles. The Kier molecular flexibility index (Phi) is 8.22. The zero-order valence-electron chi connectivity index (χ0n) is 20.7. The molecule has 0 aliphatic carbocycles. The number of amides is 1. The van der Waals surface area contributed by atoms with Gasteiger partial charge < -0.3 is 10.2 Å². The maximum atomic E-state index is 14.6. The standard InChI is InChI=1S/C25H31F4N3O3S/c1-16-9-11-32(12-10-16)23-14-20(25(27,28)29)7-5-19(23)15-30-24(33)17(2)18-6-8-22(21(26)13-18)31(3)36(4,34)35/h5-8,13-14,16-17H,9-12,15H2,1-4H3,(H,30,33). The molecule has 1 unspecified atom stereocenters. The predicted molar refractivity (Wildman–Crippen MR) is 132 cm³/mol. The maximum Gasteiger partial charge on any atom is 0.416 e. The van der Waals surface area contributed by atoms with Crippen molar-refractivity contribution in [1.29, 1.82) is 0 Å². The van der Waals surface area contributed by atoms with Crippen molar-refractivity contribution in [1.82, 2.24) is 5.32 Å². The fourth-order valence-electron chi connectivity index (χ4n) is 4.15. The zero-order valence-corrected chi connectivity index (χ0v) is 21.5. The second kappa shape index (κ2) is 10.7. The van der Waals surface area contributed by atoms with Gasteiger partial charge in [-0.15, -0.1) is 0 Å². The molecule has 0 saturated carbocycles. The molecule has 36 heavy (non-hydrogen) atoms. The zero-order chi connectivity index (χ0) is 26.8. The number of carbonyl (C=O) groups is 1. The van der Waals surface area contributed by atoms with Gasteiger partial charge in [-0.05, 0) is 61.1 Å². The van der Waals surface area contributed by atoms with Crippen LogP contribution in [0.3, 0.4) is 0 Å². The van der Waals surface area contributed by atoms with E-state index < -0.39 is 39.4 Å². The lowest BCUT2D eigenvalue weighted by atomic mass is 9.97. The lowest BCUT2D eigenvalue weighted by molar-refractivity contribution is -0.137. The third kappa shape index (κ3) is 6.48. The third-order valence-corrected chi connectivity index (χ3v) is 7.88. The summed E-state index contributed by atoms with van der Waals surface area (Å²) in [7, 11) is -2.43. The molecule has 6 nitrogen and oxygen atoms in total. The van der Waals surface area contributed by atoms with E-state index in [1.807, 2.05) is 4.90 Å². The van der Waals surface area contributed by atoms with Crippen LogP contribution in [0.1, 0.15) is 49.3 Å². The second-order valence-electron chi connectivity index (χ2n) is 9.39. The summed E-state index contributed by atoms with van der Waals surface area (Å²) in [6.07, 6.45) is -1.78. The van der Waals surface area contributed by atoms with Crippen molar-refractivity contribution >= 4 is 27.3 Å². The normalized spacial score (nSPS) is 16.1. The van der Waals surface area contributed by atoms with E-state index in [9.17, 15) is 30.8 Å². The van der Waals surface area contributed by atoms with Gasteiger partial charge in [0.25, 0.3) is 0 Å². The topological polar surface area (TPSA) is 69.7 Å². The molecule has 1 saturated heterocycles. The van der Waals surface area contributed by atoms with E-state index in [-0.39, 0.29) is 12.2 Å². The number of hydrogen-bond donors (Lipinski definition) is 1. The Hall–Kier alpha value is -2.82. The Balaban J connectivity index is 1.77. The number of hydrogen-bond acceptors (Lipinski definition) is 4. The van der Waals surface area contributed by atoms with Crippen LogP contribution in [-0.4, -0.2) is 40.7 Å². The Morgan fingerprint density at radius 1 is 1.17 bits per heavy atom. The monoisotopic (exact) mass is 529 g/mol. The number of anilines is 2. The minimum atomic E-state index is -4.48. The summed E-state index contributed by atoms with van der Waals surface area (Å²) < 4.78 is 78.9. The molecular weight excluding hydrogens is 498 g/mol. The van der Waals surface area contributed by atoms with Gasteiger partial charge in [-0.1, -0.05) is 19.1 Å². The highest BCUT2D eigenvalue weighted by Gasteiger charge is 2.32. The van der Waals surface area contributed by atoms with Crippen LogP contribution in [0.4, 0.5) is 28.9 Å². The number of sulfonamides is 1. The van der Waals surface area contributed by atoms with Crippen LogP contribution in [-0.2, 0) is 27.5 Å². The highest BCUT2D eigenvalue weighted by Crippen LogP contribution is 2.35. The van der Waals surface area contributed by atoms with E-state index in [4.69, 9.17) is 0 Å². The summed E-state index contributed by atoms with van der Waals surface area (Å²) in [6, 6.07) is 7.40. The minimum absolute atomic E-state index is 0.0140. The van der Waals surface area contributed by atoms with Crippen LogP contribution in [0, 0.1) is 11.7 Å². The van der Waals surface area contributed by atoms with Gasteiger partial charge in [0.05, 0.1) is 23.4 Å². The summed E-state index contributed by atoms with van der Waals surface area (Å²) >= 11 is 0. The highest BCUT2D eigenvalue weighted by atomic mass is 32.2. The van der Waals surface area contributed by atoms with Gasteiger partial charge >= 0.3 is 6.18 Å². The Labute approximate surface area is 209 Å². The first kappa shape index (κ1) is 27.8. The van der Waals surface area contributed by atoms with Gasteiger partial charge in [0.1, 0.15) is 5.82 Å². The van der Waals surface area contributed by atoms with Gasteiger partial charge in [-0.2, -0.15) is 13.2 Å². The van der Waals surface area contributed by atoms with Crippen LogP contribution in [0.2, 0.25) is 0 Å². The Morgan fingerprint density at radius 3 is 2.36 bits per heavy atom. The molecule has 1 heterocycles. The number of benzene rings is 2. The molecule has 198 valence electrons. The molecule has 2 aromatic rings. The highest BCUT2D eigenvalue weighted by molar-refractivity contribution is 7.92. The summed E-state index contributed by atoms with van der Waals surface area (Å²) in [6.45, 7) is 4.96. The van der Waals surface area contributed by atoms with Crippen LogP contribution in [0.15, 0.2) is 36.4 Å². The number of alkyl halides is 3. The molecule has 0 bridgehead atoms. The van der Waals surface area contributed by atoms with Crippen molar-refractivity contribution in [3.63, 3.8) is 0 Å². The van der Waals surface area contributed by atoms with Crippen molar-refractivity contribution in [2.24, 2.45) is 5.92 Å². The molecule has 1 aliphatic rings. The first-order valence-corrected chi connectivity index (χ1v) is 13.5. The van der Waals surface area contributed by atoms with Gasteiger partial charge in [0.15, 0.2) is 0 Å². The van der Waals surface area contributed by atoms with Crippen molar-refractivity contribution in [2.75, 3.05) is 35.6 Å². The molecule has 0 radical (unpaired) electrons. The lowest BCUT2D eigenvalue weighted by Crippen LogP contribution is -2.35. The predicted octanol–water partition coefficient (Wildman–Crippen LogP) is 4.90. The van der Waals surface area contributed by atoms with Gasteiger partial charge in [0, 0.05) is 32.4 Å². The van der Waals surface area contributed by atoms with Crippen LogP contribution < -0.4 is 14.5 Å². The molecule has 1 fully saturated rings. The number of piperidine rings is 1. The largest absolute Gasteiger partial charge is 0.416 e. The van der Waals surface area contributed by atoms with Crippen LogP contribution in [0.5, 0.6) is 0 Å². The molecular formula is C25H31F4N3O3S. The van der Waals surface area contributed by atoms with E-state index in [2.05, 4.69) is 12.2 Å². The third-order valence-electron chi connectivity index (χ3n) is 6.69.